The van der Waals surface area contributed by atoms with E-state index in [1.165, 1.54) is 17.8 Å². The number of nitrogens with one attached hydrogen (secondary N) is 3. The van der Waals surface area contributed by atoms with Gasteiger partial charge >= 0.3 is 0 Å². The fourth-order valence-electron chi connectivity index (χ4n) is 3.30. The van der Waals surface area contributed by atoms with Crippen molar-refractivity contribution in [2.45, 2.75) is 28.9 Å². The molecule has 0 radical (unpaired) electrons. The lowest BCUT2D eigenvalue weighted by atomic mass is 10.1. The highest BCUT2D eigenvalue weighted by atomic mass is 32.2. The van der Waals surface area contributed by atoms with Gasteiger partial charge in [-0.15, -0.1) is 11.8 Å². The highest BCUT2D eigenvalue weighted by Crippen LogP contribution is 2.36. The topological polar surface area (TPSA) is 104 Å². The predicted octanol–water partition coefficient (Wildman–Crippen LogP) is 4.48. The minimum absolute atomic E-state index is 0.100. The summed E-state index contributed by atoms with van der Waals surface area (Å²) in [5.74, 6) is -0.459. The van der Waals surface area contributed by atoms with E-state index in [0.717, 1.165) is 4.90 Å². The molecule has 3 N–H and O–H groups in total. The van der Waals surface area contributed by atoms with E-state index in [9.17, 15) is 18.0 Å². The van der Waals surface area contributed by atoms with Crippen molar-refractivity contribution >= 4 is 50.7 Å². The normalized spacial score (nSPS) is 15.4. The van der Waals surface area contributed by atoms with Crippen LogP contribution in [0.2, 0.25) is 0 Å². The molecule has 1 aliphatic rings. The Labute approximate surface area is 190 Å². The zero-order valence-electron chi connectivity index (χ0n) is 17.4. The summed E-state index contributed by atoms with van der Waals surface area (Å²) in [5.41, 5.74) is 2.43. The summed E-state index contributed by atoms with van der Waals surface area (Å²) < 4.78 is 28.0. The van der Waals surface area contributed by atoms with Crippen molar-refractivity contribution in [1.29, 1.82) is 0 Å². The van der Waals surface area contributed by atoms with E-state index < -0.39 is 10.0 Å². The van der Waals surface area contributed by atoms with E-state index in [0.29, 0.717) is 28.2 Å². The van der Waals surface area contributed by atoms with Gasteiger partial charge in [0.1, 0.15) is 0 Å². The second kappa shape index (κ2) is 8.68. The molecular weight excluding hydrogens is 446 g/mol. The first-order chi connectivity index (χ1) is 15.2. The second-order valence-corrected chi connectivity index (χ2v) is 10.4. The summed E-state index contributed by atoms with van der Waals surface area (Å²) in [5, 5.41) is 5.41. The average Bonchev–Trinajstić information content (AvgIpc) is 2.74. The largest absolute Gasteiger partial charge is 0.324 e. The van der Waals surface area contributed by atoms with Crippen molar-refractivity contribution in [3.8, 4) is 0 Å². The Kier molecular flexibility index (Phi) is 5.94. The number of para-hydroxylation sites is 1. The van der Waals surface area contributed by atoms with E-state index in [1.54, 1.807) is 67.6 Å². The number of benzene rings is 3. The van der Waals surface area contributed by atoms with Crippen molar-refractivity contribution in [2.75, 3.05) is 15.4 Å². The van der Waals surface area contributed by atoms with Crippen LogP contribution in [-0.4, -0.2) is 25.5 Å². The lowest BCUT2D eigenvalue weighted by Gasteiger charge is -2.21. The van der Waals surface area contributed by atoms with Gasteiger partial charge in [0.05, 0.1) is 15.8 Å². The highest BCUT2D eigenvalue weighted by molar-refractivity contribution is 8.01. The Hall–Kier alpha value is -3.30. The molecule has 32 heavy (non-hydrogen) atoms. The summed E-state index contributed by atoms with van der Waals surface area (Å²) >= 11 is 1.44. The SMILES string of the molecule is Cc1cc(NC(=O)c2ccc3c(c2)NC(=O)C(C)S3)ccc1S(=O)(=O)Nc1ccccc1. The molecule has 1 aliphatic heterocycles. The molecule has 3 aromatic rings. The van der Waals surface area contributed by atoms with E-state index in [1.807, 2.05) is 6.92 Å². The maximum atomic E-state index is 12.7. The molecule has 7 nitrogen and oxygen atoms in total. The highest BCUT2D eigenvalue weighted by Gasteiger charge is 2.24. The van der Waals surface area contributed by atoms with E-state index in [-0.39, 0.29) is 22.0 Å². The number of hydrogen-bond donors (Lipinski definition) is 3. The minimum atomic E-state index is -3.77. The molecule has 3 aromatic carbocycles. The van der Waals surface area contributed by atoms with Crippen molar-refractivity contribution in [2.24, 2.45) is 0 Å². The summed E-state index contributed by atoms with van der Waals surface area (Å²) in [6.07, 6.45) is 0. The Morgan fingerprint density at radius 1 is 1.00 bits per heavy atom. The van der Waals surface area contributed by atoms with Gasteiger partial charge in [0, 0.05) is 21.8 Å². The zero-order valence-corrected chi connectivity index (χ0v) is 19.0. The van der Waals surface area contributed by atoms with Gasteiger partial charge in [-0.1, -0.05) is 18.2 Å². The van der Waals surface area contributed by atoms with Crippen LogP contribution in [0.4, 0.5) is 17.1 Å². The molecule has 0 spiro atoms. The Balaban J connectivity index is 1.51. The number of anilines is 3. The van der Waals surface area contributed by atoms with Crippen LogP contribution in [0, 0.1) is 6.92 Å². The summed E-state index contributed by atoms with van der Waals surface area (Å²) in [6, 6.07) is 18.4. The average molecular weight is 468 g/mol. The monoisotopic (exact) mass is 467 g/mol. The molecule has 0 saturated heterocycles. The van der Waals surface area contributed by atoms with E-state index in [2.05, 4.69) is 15.4 Å². The summed E-state index contributed by atoms with van der Waals surface area (Å²) in [7, 11) is -3.77. The van der Waals surface area contributed by atoms with Crippen LogP contribution in [0.5, 0.6) is 0 Å². The number of sulfonamides is 1. The van der Waals surface area contributed by atoms with E-state index >= 15 is 0 Å². The summed E-state index contributed by atoms with van der Waals surface area (Å²) in [4.78, 5) is 25.7. The maximum absolute atomic E-state index is 12.7. The molecule has 0 aliphatic carbocycles. The zero-order chi connectivity index (χ0) is 22.9. The standard InChI is InChI=1S/C23H21N3O4S2/c1-14-12-18(9-11-21(14)32(29,30)26-17-6-4-3-5-7-17)24-23(28)16-8-10-20-19(13-16)25-22(27)15(2)31-20/h3-13,15,26H,1-2H3,(H,24,28)(H,25,27). The number of carbonyl (C=O) groups is 2. The number of hydrogen-bond acceptors (Lipinski definition) is 5. The van der Waals surface area contributed by atoms with Crippen LogP contribution in [0.15, 0.2) is 76.5 Å². The minimum Gasteiger partial charge on any atom is -0.324 e. The second-order valence-electron chi connectivity index (χ2n) is 7.37. The third kappa shape index (κ3) is 4.63. The molecule has 164 valence electrons. The Bertz CT molecular complexity index is 1310. The van der Waals surface area contributed by atoms with Gasteiger partial charge in [-0.2, -0.15) is 0 Å². The third-order valence-corrected chi connectivity index (χ3v) is 7.64. The molecule has 9 heteroatoms. The number of amides is 2. The molecular formula is C23H21N3O4S2. The number of aryl methyl sites for hydroxylation is 1. The van der Waals surface area contributed by atoms with E-state index in [4.69, 9.17) is 0 Å². The van der Waals surface area contributed by atoms with Crippen LogP contribution in [0.1, 0.15) is 22.8 Å². The molecule has 0 saturated carbocycles. The molecule has 0 bridgehead atoms. The molecule has 1 unspecified atom stereocenters. The first kappa shape index (κ1) is 21.9. The van der Waals surface area contributed by atoms with Crippen molar-refractivity contribution in [3.05, 3.63) is 77.9 Å². The molecule has 2 amide bonds. The van der Waals surface area contributed by atoms with Crippen LogP contribution in [-0.2, 0) is 14.8 Å². The van der Waals surface area contributed by atoms with Gasteiger partial charge in [0.2, 0.25) is 5.91 Å². The third-order valence-electron chi connectivity index (χ3n) is 4.92. The first-order valence-electron chi connectivity index (χ1n) is 9.84. The van der Waals surface area contributed by atoms with Gasteiger partial charge < -0.3 is 10.6 Å². The maximum Gasteiger partial charge on any atom is 0.262 e. The fourth-order valence-corrected chi connectivity index (χ4v) is 5.52. The number of rotatable bonds is 5. The lowest BCUT2D eigenvalue weighted by molar-refractivity contribution is -0.115. The number of carbonyl (C=O) groups excluding carboxylic acids is 2. The fraction of sp³-hybridized carbons (Fsp3) is 0.130. The smallest absolute Gasteiger partial charge is 0.262 e. The van der Waals surface area contributed by atoms with Crippen LogP contribution < -0.4 is 15.4 Å². The molecule has 1 heterocycles. The van der Waals surface area contributed by atoms with Gasteiger partial charge in [0.25, 0.3) is 15.9 Å². The van der Waals surface area contributed by atoms with Gasteiger partial charge in [-0.3, -0.25) is 14.3 Å². The summed E-state index contributed by atoms with van der Waals surface area (Å²) in [6.45, 7) is 3.49. The Morgan fingerprint density at radius 2 is 1.75 bits per heavy atom. The molecule has 4 rings (SSSR count). The van der Waals surface area contributed by atoms with Gasteiger partial charge in [0.15, 0.2) is 0 Å². The van der Waals surface area contributed by atoms with Crippen LogP contribution in [0.3, 0.4) is 0 Å². The van der Waals surface area contributed by atoms with Crippen molar-refractivity contribution < 1.29 is 18.0 Å². The van der Waals surface area contributed by atoms with Gasteiger partial charge in [-0.05, 0) is 67.9 Å². The lowest BCUT2D eigenvalue weighted by Crippen LogP contribution is -2.26. The molecule has 0 fully saturated rings. The predicted molar refractivity (Wildman–Crippen MR) is 127 cm³/mol. The van der Waals surface area contributed by atoms with Crippen molar-refractivity contribution in [3.63, 3.8) is 0 Å². The number of fused-ring (bicyclic) bond motifs is 1. The van der Waals surface area contributed by atoms with Crippen LogP contribution >= 0.6 is 11.8 Å². The molecule has 0 aromatic heterocycles. The quantitative estimate of drug-likeness (QED) is 0.513. The number of thioether (sulfide) groups is 1. The van der Waals surface area contributed by atoms with Crippen molar-refractivity contribution in [1.82, 2.24) is 0 Å². The molecule has 1 atom stereocenters. The Morgan fingerprint density at radius 3 is 2.47 bits per heavy atom. The van der Waals surface area contributed by atoms with Gasteiger partial charge in [-0.25, -0.2) is 8.42 Å². The first-order valence-corrected chi connectivity index (χ1v) is 12.2. The van der Waals surface area contributed by atoms with Crippen LogP contribution in [0.25, 0.3) is 0 Å².